The molecule has 1 fully saturated rings. The number of hydrogen-bond acceptors (Lipinski definition) is 7. The number of hydrogen-bond donors (Lipinski definition) is 3. The first kappa shape index (κ1) is 17.6. The Morgan fingerprint density at radius 3 is 2.72 bits per heavy atom. The number of ether oxygens (including phenoxy) is 1. The minimum absolute atomic E-state index is 0.0435. The van der Waals surface area contributed by atoms with Crippen LogP contribution in [0.5, 0.6) is 5.75 Å². The maximum absolute atomic E-state index is 12.1. The van der Waals surface area contributed by atoms with Gasteiger partial charge in [-0.1, -0.05) is 15.9 Å². The number of phenolic OH excluding ortho intramolecular Hbond substituents is 1. The maximum Gasteiger partial charge on any atom is 0.289 e. The van der Waals surface area contributed by atoms with E-state index in [0.29, 0.717) is 17.7 Å². The molecule has 1 aromatic carbocycles. The van der Waals surface area contributed by atoms with Crippen LogP contribution >= 0.6 is 27.3 Å². The second-order valence-corrected chi connectivity index (χ2v) is 6.94. The average Bonchev–Trinajstić information content (AvgIpc) is 3.12. The second-order valence-electron chi connectivity index (χ2n) is 5.18. The monoisotopic (exact) mass is 426 g/mol. The summed E-state index contributed by atoms with van der Waals surface area (Å²) in [5, 5.41) is 12.1. The van der Waals surface area contributed by atoms with E-state index in [4.69, 9.17) is 4.74 Å². The highest BCUT2D eigenvalue weighted by Crippen LogP contribution is 2.22. The summed E-state index contributed by atoms with van der Waals surface area (Å²) in [5.74, 6) is -1.34. The number of morpholine rings is 1. The minimum Gasteiger partial charge on any atom is -0.507 e. The molecule has 0 aliphatic carbocycles. The summed E-state index contributed by atoms with van der Waals surface area (Å²) >= 11 is 4.58. The van der Waals surface area contributed by atoms with Gasteiger partial charge in [0.1, 0.15) is 11.4 Å². The summed E-state index contributed by atoms with van der Waals surface area (Å²) in [6, 6.07) is 4.44. The van der Waals surface area contributed by atoms with Crippen molar-refractivity contribution in [1.29, 1.82) is 0 Å². The van der Waals surface area contributed by atoms with Gasteiger partial charge >= 0.3 is 0 Å². The standard InChI is InChI=1S/C15H15BrN4O4S/c16-9-1-2-12(21)10(7-9)13(22)18-19-14(23)11-8-25-15(17-11)20-3-5-24-6-4-20/h1-2,7-8,21H,3-6H2,(H,18,22)(H,19,23). The SMILES string of the molecule is O=C(NNC(=O)c1cc(Br)ccc1O)c1csc(N2CCOCC2)n1. The minimum atomic E-state index is -0.629. The molecule has 1 aliphatic rings. The molecule has 0 radical (unpaired) electrons. The van der Waals surface area contributed by atoms with Gasteiger partial charge < -0.3 is 14.7 Å². The largest absolute Gasteiger partial charge is 0.507 e. The zero-order valence-electron chi connectivity index (χ0n) is 13.0. The Morgan fingerprint density at radius 2 is 1.96 bits per heavy atom. The van der Waals surface area contributed by atoms with Crippen molar-refractivity contribution < 1.29 is 19.4 Å². The van der Waals surface area contributed by atoms with Crippen LogP contribution in [0.25, 0.3) is 0 Å². The fourth-order valence-corrected chi connectivity index (χ4v) is 3.42. The smallest absolute Gasteiger partial charge is 0.289 e. The molecular formula is C15H15BrN4O4S. The lowest BCUT2D eigenvalue weighted by atomic mass is 10.2. The van der Waals surface area contributed by atoms with Gasteiger partial charge in [0.15, 0.2) is 5.13 Å². The number of phenols is 1. The molecule has 2 amide bonds. The van der Waals surface area contributed by atoms with Crippen molar-refractivity contribution in [2.45, 2.75) is 0 Å². The quantitative estimate of drug-likeness (QED) is 0.642. The lowest BCUT2D eigenvalue weighted by Gasteiger charge is -2.25. The van der Waals surface area contributed by atoms with Crippen LogP contribution in [-0.2, 0) is 4.74 Å². The number of anilines is 1. The Hall–Kier alpha value is -2.17. The molecule has 2 heterocycles. The van der Waals surface area contributed by atoms with E-state index < -0.39 is 11.8 Å². The van der Waals surface area contributed by atoms with Crippen molar-refractivity contribution in [1.82, 2.24) is 15.8 Å². The molecule has 3 N–H and O–H groups in total. The van der Waals surface area contributed by atoms with E-state index in [0.717, 1.165) is 18.2 Å². The lowest BCUT2D eigenvalue weighted by Crippen LogP contribution is -2.42. The number of aromatic nitrogens is 1. The van der Waals surface area contributed by atoms with E-state index in [2.05, 4.69) is 31.8 Å². The Morgan fingerprint density at radius 1 is 1.24 bits per heavy atom. The maximum atomic E-state index is 12.1. The summed E-state index contributed by atoms with van der Waals surface area (Å²) in [6.07, 6.45) is 0. The van der Waals surface area contributed by atoms with Crippen LogP contribution in [0.1, 0.15) is 20.8 Å². The molecule has 0 unspecified atom stereocenters. The molecular weight excluding hydrogens is 412 g/mol. The molecule has 0 bridgehead atoms. The van der Waals surface area contributed by atoms with Gasteiger partial charge in [-0.25, -0.2) is 4.98 Å². The van der Waals surface area contributed by atoms with Crippen molar-refractivity contribution in [2.75, 3.05) is 31.2 Å². The van der Waals surface area contributed by atoms with E-state index in [1.54, 1.807) is 11.4 Å². The number of carbonyl (C=O) groups is 2. The van der Waals surface area contributed by atoms with Gasteiger partial charge in [-0.15, -0.1) is 11.3 Å². The molecule has 3 rings (SSSR count). The molecule has 0 atom stereocenters. The highest BCUT2D eigenvalue weighted by atomic mass is 79.9. The molecule has 1 aromatic heterocycles. The Labute approximate surface area is 155 Å². The van der Waals surface area contributed by atoms with Gasteiger partial charge in [-0.05, 0) is 18.2 Å². The van der Waals surface area contributed by atoms with Crippen LogP contribution in [0.4, 0.5) is 5.13 Å². The summed E-state index contributed by atoms with van der Waals surface area (Å²) < 4.78 is 5.92. The Bertz CT molecular complexity index is 792. The lowest BCUT2D eigenvalue weighted by molar-refractivity contribution is 0.0842. The summed E-state index contributed by atoms with van der Waals surface area (Å²) in [5.41, 5.74) is 4.82. The van der Waals surface area contributed by atoms with E-state index in [9.17, 15) is 14.7 Å². The number of carbonyl (C=O) groups excluding carboxylic acids is 2. The summed E-state index contributed by atoms with van der Waals surface area (Å²) in [6.45, 7) is 2.72. The molecule has 1 saturated heterocycles. The number of hydrazine groups is 1. The fraction of sp³-hybridized carbons (Fsp3) is 0.267. The van der Waals surface area contributed by atoms with E-state index in [1.165, 1.54) is 23.5 Å². The third-order valence-corrected chi connectivity index (χ3v) is 4.89. The Kier molecular flexibility index (Phi) is 5.51. The van der Waals surface area contributed by atoms with Gasteiger partial charge in [-0.3, -0.25) is 20.4 Å². The van der Waals surface area contributed by atoms with Crippen LogP contribution in [0.3, 0.4) is 0 Å². The number of thiazole rings is 1. The highest BCUT2D eigenvalue weighted by molar-refractivity contribution is 9.10. The summed E-state index contributed by atoms with van der Waals surface area (Å²) in [4.78, 5) is 30.5. The summed E-state index contributed by atoms with van der Waals surface area (Å²) in [7, 11) is 0. The van der Waals surface area contributed by atoms with Crippen LogP contribution in [-0.4, -0.2) is 48.2 Å². The zero-order valence-corrected chi connectivity index (χ0v) is 15.4. The molecule has 10 heteroatoms. The molecule has 1 aliphatic heterocycles. The van der Waals surface area contributed by atoms with Gasteiger partial charge in [0.25, 0.3) is 11.8 Å². The molecule has 2 aromatic rings. The van der Waals surface area contributed by atoms with Crippen LogP contribution < -0.4 is 15.8 Å². The number of aromatic hydroxyl groups is 1. The van der Waals surface area contributed by atoms with Crippen LogP contribution in [0.15, 0.2) is 28.1 Å². The number of benzene rings is 1. The number of amides is 2. The van der Waals surface area contributed by atoms with Crippen molar-refractivity contribution in [3.8, 4) is 5.75 Å². The van der Waals surface area contributed by atoms with Crippen molar-refractivity contribution in [3.63, 3.8) is 0 Å². The second kappa shape index (κ2) is 7.81. The van der Waals surface area contributed by atoms with E-state index in [-0.39, 0.29) is 17.0 Å². The predicted molar refractivity (Wildman–Crippen MR) is 95.9 cm³/mol. The number of nitrogens with one attached hydrogen (secondary N) is 2. The zero-order chi connectivity index (χ0) is 17.8. The van der Waals surface area contributed by atoms with Crippen molar-refractivity contribution in [2.24, 2.45) is 0 Å². The van der Waals surface area contributed by atoms with Gasteiger partial charge in [-0.2, -0.15) is 0 Å². The molecule has 0 saturated carbocycles. The average molecular weight is 427 g/mol. The predicted octanol–water partition coefficient (Wildman–Crippen LogP) is 1.52. The van der Waals surface area contributed by atoms with E-state index >= 15 is 0 Å². The van der Waals surface area contributed by atoms with Gasteiger partial charge in [0.2, 0.25) is 0 Å². The number of rotatable bonds is 3. The highest BCUT2D eigenvalue weighted by Gasteiger charge is 2.18. The van der Waals surface area contributed by atoms with Crippen molar-refractivity contribution in [3.05, 3.63) is 39.3 Å². The molecule has 8 nitrogen and oxygen atoms in total. The molecule has 25 heavy (non-hydrogen) atoms. The first-order valence-corrected chi connectivity index (χ1v) is 9.09. The first-order valence-electron chi connectivity index (χ1n) is 7.42. The topological polar surface area (TPSA) is 104 Å². The van der Waals surface area contributed by atoms with Gasteiger partial charge in [0.05, 0.1) is 18.8 Å². The van der Waals surface area contributed by atoms with Crippen molar-refractivity contribution >= 4 is 44.2 Å². The van der Waals surface area contributed by atoms with E-state index in [1.807, 2.05) is 4.90 Å². The first-order chi connectivity index (χ1) is 12.0. The fourth-order valence-electron chi connectivity index (χ4n) is 2.20. The van der Waals surface area contributed by atoms with Gasteiger partial charge in [0, 0.05) is 22.9 Å². The number of halogens is 1. The molecule has 132 valence electrons. The van der Waals surface area contributed by atoms with Crippen LogP contribution in [0.2, 0.25) is 0 Å². The molecule has 0 spiro atoms. The Balaban J connectivity index is 1.60. The normalized spacial score (nSPS) is 14.2. The number of nitrogens with zero attached hydrogens (tertiary/aromatic N) is 2. The third kappa shape index (κ3) is 4.27. The van der Waals surface area contributed by atoms with Crippen LogP contribution in [0, 0.1) is 0 Å². The third-order valence-electron chi connectivity index (χ3n) is 3.50.